The van der Waals surface area contributed by atoms with Gasteiger partial charge in [-0.15, -0.1) is 0 Å². The maximum absolute atomic E-state index is 12.6. The molecule has 1 amide bonds. The molecule has 0 bridgehead atoms. The van der Waals surface area contributed by atoms with E-state index in [0.717, 1.165) is 44.3 Å². The van der Waals surface area contributed by atoms with Crippen molar-refractivity contribution in [2.24, 2.45) is 5.92 Å². The fourth-order valence-corrected chi connectivity index (χ4v) is 3.87. The van der Waals surface area contributed by atoms with Crippen molar-refractivity contribution in [3.63, 3.8) is 0 Å². The Morgan fingerprint density at radius 3 is 3.08 bits per heavy atom. The second-order valence-electron chi connectivity index (χ2n) is 7.02. The number of amides is 1. The average molecular weight is 367 g/mol. The van der Waals surface area contributed by atoms with E-state index in [0.29, 0.717) is 36.0 Å². The molecule has 2 atom stereocenters. The minimum absolute atomic E-state index is 0.0926. The number of aliphatic hydroxyl groups is 1. The number of hydrogen-bond donors (Lipinski definition) is 2. The van der Waals surface area contributed by atoms with Crippen LogP contribution in [0.15, 0.2) is 12.1 Å². The lowest BCUT2D eigenvalue weighted by atomic mass is 9.93. The first kappa shape index (κ1) is 18.5. The van der Waals surface area contributed by atoms with Crippen molar-refractivity contribution in [3.8, 4) is 5.75 Å². The number of halogens is 1. The Morgan fingerprint density at radius 1 is 1.48 bits per heavy atom. The van der Waals surface area contributed by atoms with Crippen LogP contribution in [0.5, 0.6) is 5.75 Å². The van der Waals surface area contributed by atoms with Gasteiger partial charge >= 0.3 is 0 Å². The Hall–Kier alpha value is -1.30. The highest BCUT2D eigenvalue weighted by molar-refractivity contribution is 6.31. The molecule has 2 unspecified atom stereocenters. The van der Waals surface area contributed by atoms with Crippen LogP contribution in [0.2, 0.25) is 5.02 Å². The molecule has 3 rings (SSSR count). The van der Waals surface area contributed by atoms with Crippen molar-refractivity contribution in [3.05, 3.63) is 28.3 Å². The molecule has 2 heterocycles. The second kappa shape index (κ2) is 8.39. The maximum Gasteiger partial charge on any atom is 0.255 e. The molecule has 25 heavy (non-hydrogen) atoms. The highest BCUT2D eigenvalue weighted by Gasteiger charge is 2.28. The zero-order valence-electron chi connectivity index (χ0n) is 14.8. The third-order valence-electron chi connectivity index (χ3n) is 5.15. The molecular formula is C19H27ClN2O3. The molecule has 2 aliphatic heterocycles. The summed E-state index contributed by atoms with van der Waals surface area (Å²) < 4.78 is 5.59. The summed E-state index contributed by atoms with van der Waals surface area (Å²) in [6, 6.07) is 3.52. The highest BCUT2D eigenvalue weighted by Crippen LogP contribution is 2.32. The van der Waals surface area contributed by atoms with Gasteiger partial charge in [-0.25, -0.2) is 0 Å². The number of fused-ring (bicyclic) bond motifs is 1. The molecule has 0 radical (unpaired) electrons. The van der Waals surface area contributed by atoms with E-state index in [-0.39, 0.29) is 11.8 Å². The Balaban J connectivity index is 1.55. The van der Waals surface area contributed by atoms with Crippen LogP contribution in [0.4, 0.5) is 0 Å². The van der Waals surface area contributed by atoms with Gasteiger partial charge in [0.15, 0.2) is 0 Å². The number of rotatable bonds is 6. The monoisotopic (exact) mass is 366 g/mol. The summed E-state index contributed by atoms with van der Waals surface area (Å²) in [5, 5.41) is 13.9. The zero-order chi connectivity index (χ0) is 17.8. The van der Waals surface area contributed by atoms with Crippen molar-refractivity contribution in [1.29, 1.82) is 0 Å². The van der Waals surface area contributed by atoms with Gasteiger partial charge in [0, 0.05) is 30.5 Å². The number of aliphatic hydroxyl groups excluding tert-OH is 1. The number of carbonyl (C=O) groups excluding carboxylic acids is 1. The van der Waals surface area contributed by atoms with E-state index < -0.39 is 6.10 Å². The Labute approximate surface area is 154 Å². The van der Waals surface area contributed by atoms with Gasteiger partial charge in [0.1, 0.15) is 5.75 Å². The molecular weight excluding hydrogens is 340 g/mol. The maximum atomic E-state index is 12.6. The molecule has 0 aliphatic carbocycles. The molecule has 6 heteroatoms. The Bertz CT molecular complexity index is 623. The summed E-state index contributed by atoms with van der Waals surface area (Å²) in [5.41, 5.74) is 1.48. The van der Waals surface area contributed by atoms with Gasteiger partial charge in [0.05, 0.1) is 18.3 Å². The summed E-state index contributed by atoms with van der Waals surface area (Å²) >= 11 is 6.12. The number of carbonyl (C=O) groups is 1. The van der Waals surface area contributed by atoms with Crippen LogP contribution in [0.25, 0.3) is 0 Å². The normalized spacial score (nSPS) is 23.2. The topological polar surface area (TPSA) is 61.8 Å². The molecule has 0 aromatic heterocycles. The van der Waals surface area contributed by atoms with Gasteiger partial charge in [-0.1, -0.05) is 24.9 Å². The van der Waals surface area contributed by atoms with Gasteiger partial charge < -0.3 is 20.1 Å². The number of piperidine rings is 1. The molecule has 2 N–H and O–H groups in total. The fraction of sp³-hybridized carbons (Fsp3) is 0.632. The standard InChI is InChI=1S/C19H27ClN2O3/c1-2-3-6-22-7-4-14(17(23)12-22)11-21-19(24)16-10-15(20)9-13-5-8-25-18(13)16/h9-10,14,17,23H,2-8,11-12H2,1H3,(H,21,24). The van der Waals surface area contributed by atoms with Crippen LogP contribution >= 0.6 is 11.6 Å². The van der Waals surface area contributed by atoms with Gasteiger partial charge in [-0.05, 0) is 43.6 Å². The number of nitrogens with one attached hydrogen (secondary N) is 1. The van der Waals surface area contributed by atoms with Crippen LogP contribution in [0, 0.1) is 5.92 Å². The van der Waals surface area contributed by atoms with Gasteiger partial charge in [-0.3, -0.25) is 4.79 Å². The van der Waals surface area contributed by atoms with Crippen LogP contribution in [0.3, 0.4) is 0 Å². The molecule has 1 fully saturated rings. The molecule has 138 valence electrons. The first-order valence-electron chi connectivity index (χ1n) is 9.22. The second-order valence-corrected chi connectivity index (χ2v) is 7.46. The number of unbranched alkanes of at least 4 members (excludes halogenated alkanes) is 1. The largest absolute Gasteiger partial charge is 0.492 e. The van der Waals surface area contributed by atoms with E-state index in [1.165, 1.54) is 0 Å². The lowest BCUT2D eigenvalue weighted by Crippen LogP contribution is -2.47. The predicted octanol–water partition coefficient (Wildman–Crippen LogP) is 2.49. The number of β-amino-alcohol motifs (C(OH)–C–C–N with tert-alkyl or cyclic N) is 1. The number of ether oxygens (including phenoxy) is 1. The van der Waals surface area contributed by atoms with Crippen LogP contribution in [-0.4, -0.2) is 54.8 Å². The number of nitrogens with zero attached hydrogens (tertiary/aromatic N) is 1. The van der Waals surface area contributed by atoms with Crippen molar-refractivity contribution in [2.75, 3.05) is 32.8 Å². The van der Waals surface area contributed by atoms with E-state index in [1.54, 1.807) is 6.07 Å². The number of hydrogen-bond acceptors (Lipinski definition) is 4. The molecule has 1 aromatic rings. The van der Waals surface area contributed by atoms with Crippen LogP contribution in [-0.2, 0) is 6.42 Å². The summed E-state index contributed by atoms with van der Waals surface area (Å²) in [4.78, 5) is 14.9. The van der Waals surface area contributed by atoms with E-state index in [9.17, 15) is 9.90 Å². The summed E-state index contributed by atoms with van der Waals surface area (Å²) in [5.74, 6) is 0.563. The minimum atomic E-state index is -0.396. The van der Waals surface area contributed by atoms with Crippen molar-refractivity contribution >= 4 is 17.5 Å². The quantitative estimate of drug-likeness (QED) is 0.812. The fourth-order valence-electron chi connectivity index (χ4n) is 3.63. The lowest BCUT2D eigenvalue weighted by molar-refractivity contribution is 0.0217. The lowest BCUT2D eigenvalue weighted by Gasteiger charge is -2.36. The van der Waals surface area contributed by atoms with E-state index in [2.05, 4.69) is 17.1 Å². The molecule has 5 nitrogen and oxygen atoms in total. The Morgan fingerprint density at radius 2 is 2.32 bits per heavy atom. The minimum Gasteiger partial charge on any atom is -0.492 e. The molecule has 0 saturated carbocycles. The third-order valence-corrected chi connectivity index (χ3v) is 5.37. The average Bonchev–Trinajstić information content (AvgIpc) is 3.06. The van der Waals surface area contributed by atoms with Crippen molar-refractivity contribution < 1.29 is 14.6 Å². The summed E-state index contributed by atoms with van der Waals surface area (Å²) in [7, 11) is 0. The van der Waals surface area contributed by atoms with E-state index in [1.807, 2.05) is 6.07 Å². The first-order valence-corrected chi connectivity index (χ1v) is 9.60. The highest BCUT2D eigenvalue weighted by atomic mass is 35.5. The first-order chi connectivity index (χ1) is 12.1. The van der Waals surface area contributed by atoms with Crippen molar-refractivity contribution in [1.82, 2.24) is 10.2 Å². The summed E-state index contributed by atoms with van der Waals surface area (Å²) in [6.07, 6.45) is 3.61. The third kappa shape index (κ3) is 4.46. The van der Waals surface area contributed by atoms with E-state index >= 15 is 0 Å². The molecule has 0 spiro atoms. The van der Waals surface area contributed by atoms with Gasteiger partial charge in [0.25, 0.3) is 5.91 Å². The molecule has 1 saturated heterocycles. The van der Waals surface area contributed by atoms with Crippen molar-refractivity contribution in [2.45, 2.75) is 38.7 Å². The van der Waals surface area contributed by atoms with Gasteiger partial charge in [0.2, 0.25) is 0 Å². The zero-order valence-corrected chi connectivity index (χ0v) is 15.5. The molecule has 2 aliphatic rings. The SMILES string of the molecule is CCCCN1CCC(CNC(=O)c2cc(Cl)cc3c2OCC3)C(O)C1. The van der Waals surface area contributed by atoms with Gasteiger partial charge in [-0.2, -0.15) is 0 Å². The number of likely N-dealkylation sites (tertiary alicyclic amines) is 1. The van der Waals surface area contributed by atoms with Crippen LogP contribution < -0.4 is 10.1 Å². The van der Waals surface area contributed by atoms with E-state index in [4.69, 9.17) is 16.3 Å². The predicted molar refractivity (Wildman–Crippen MR) is 98.4 cm³/mol. The molecule has 1 aromatic carbocycles. The number of benzene rings is 1. The van der Waals surface area contributed by atoms with Crippen LogP contribution in [0.1, 0.15) is 42.1 Å². The smallest absolute Gasteiger partial charge is 0.255 e. The Kier molecular flexibility index (Phi) is 6.20. The summed E-state index contributed by atoms with van der Waals surface area (Å²) in [6.45, 7) is 5.95.